The van der Waals surface area contributed by atoms with E-state index in [1.165, 1.54) is 4.90 Å². The second-order valence-corrected chi connectivity index (χ2v) is 6.99. The largest absolute Gasteiger partial charge is 0.355 e. The molecule has 8 heteroatoms. The molecule has 0 radical (unpaired) electrons. The maximum absolute atomic E-state index is 12.7. The molecule has 1 aliphatic rings. The molecular formula is C19H21N7O. The van der Waals surface area contributed by atoms with E-state index in [0.29, 0.717) is 12.4 Å². The van der Waals surface area contributed by atoms with Crippen molar-refractivity contribution in [3.8, 4) is 6.07 Å². The number of hydrogen-bond donors (Lipinski definition) is 1. The highest BCUT2D eigenvalue weighted by Crippen LogP contribution is 2.32. The van der Waals surface area contributed by atoms with Crippen LogP contribution in [0.4, 0.5) is 5.82 Å². The number of amides is 1. The van der Waals surface area contributed by atoms with Crippen molar-refractivity contribution in [3.63, 3.8) is 0 Å². The van der Waals surface area contributed by atoms with Gasteiger partial charge in [-0.05, 0) is 25.8 Å². The van der Waals surface area contributed by atoms with Gasteiger partial charge in [-0.3, -0.25) is 4.79 Å². The highest BCUT2D eigenvalue weighted by molar-refractivity contribution is 6.09. The summed E-state index contributed by atoms with van der Waals surface area (Å²) in [5.74, 6) is 1.42. The summed E-state index contributed by atoms with van der Waals surface area (Å²) in [5.41, 5.74) is 1.61. The fourth-order valence-electron chi connectivity index (χ4n) is 3.82. The fourth-order valence-corrected chi connectivity index (χ4v) is 3.82. The number of rotatable bonds is 3. The molecule has 0 aliphatic carbocycles. The van der Waals surface area contributed by atoms with Crippen LogP contribution in [0, 0.1) is 24.2 Å². The molecule has 1 amide bonds. The lowest BCUT2D eigenvalue weighted by atomic mass is 9.96. The summed E-state index contributed by atoms with van der Waals surface area (Å²) >= 11 is 0. The normalized spacial score (nSPS) is 17.2. The number of fused-ring (bicyclic) bond motifs is 3. The minimum atomic E-state index is -0.133. The first-order valence-corrected chi connectivity index (χ1v) is 9.06. The summed E-state index contributed by atoms with van der Waals surface area (Å²) in [4.78, 5) is 33.2. The molecule has 1 saturated heterocycles. The number of nitriles is 1. The molecule has 1 unspecified atom stereocenters. The summed E-state index contributed by atoms with van der Waals surface area (Å²) in [6.45, 7) is 3.41. The third-order valence-electron chi connectivity index (χ3n) is 5.09. The van der Waals surface area contributed by atoms with Gasteiger partial charge in [-0.15, -0.1) is 0 Å². The maximum atomic E-state index is 12.7. The van der Waals surface area contributed by atoms with Crippen LogP contribution in [0.25, 0.3) is 21.9 Å². The Morgan fingerprint density at radius 3 is 3.15 bits per heavy atom. The van der Waals surface area contributed by atoms with E-state index in [9.17, 15) is 4.79 Å². The summed E-state index contributed by atoms with van der Waals surface area (Å²) < 4.78 is 0. The average Bonchev–Trinajstić information content (AvgIpc) is 3.15. The van der Waals surface area contributed by atoms with Crippen LogP contribution >= 0.6 is 0 Å². The lowest BCUT2D eigenvalue weighted by Gasteiger charge is -2.34. The Morgan fingerprint density at radius 1 is 1.48 bits per heavy atom. The molecule has 0 saturated carbocycles. The Balaban J connectivity index is 1.74. The second kappa shape index (κ2) is 6.83. The van der Waals surface area contributed by atoms with Crippen LogP contribution in [-0.2, 0) is 4.79 Å². The van der Waals surface area contributed by atoms with Crippen molar-refractivity contribution in [1.82, 2.24) is 24.8 Å². The second-order valence-electron chi connectivity index (χ2n) is 6.99. The Hall–Kier alpha value is -3.21. The minimum Gasteiger partial charge on any atom is -0.355 e. The van der Waals surface area contributed by atoms with Crippen LogP contribution in [0.15, 0.2) is 18.5 Å². The summed E-state index contributed by atoms with van der Waals surface area (Å²) in [6, 6.07) is 4.03. The molecule has 138 valence electrons. The zero-order valence-electron chi connectivity index (χ0n) is 15.4. The molecule has 27 heavy (non-hydrogen) atoms. The quantitative estimate of drug-likeness (QED) is 0.714. The highest BCUT2D eigenvalue weighted by atomic mass is 16.2. The van der Waals surface area contributed by atoms with E-state index in [1.54, 1.807) is 13.2 Å². The van der Waals surface area contributed by atoms with Gasteiger partial charge in [-0.2, -0.15) is 5.26 Å². The molecule has 3 aromatic rings. The Labute approximate surface area is 156 Å². The average molecular weight is 363 g/mol. The van der Waals surface area contributed by atoms with Crippen LogP contribution in [0.5, 0.6) is 0 Å². The Morgan fingerprint density at radius 2 is 2.33 bits per heavy atom. The molecule has 1 fully saturated rings. The van der Waals surface area contributed by atoms with E-state index in [4.69, 9.17) is 10.2 Å². The topological polar surface area (TPSA) is 102 Å². The lowest BCUT2D eigenvalue weighted by molar-refractivity contribution is -0.133. The molecule has 4 rings (SSSR count). The lowest BCUT2D eigenvalue weighted by Crippen LogP contribution is -2.44. The Kier molecular flexibility index (Phi) is 4.36. The molecule has 1 N–H and O–H groups in total. The van der Waals surface area contributed by atoms with E-state index in [1.807, 2.05) is 25.3 Å². The van der Waals surface area contributed by atoms with E-state index in [0.717, 1.165) is 47.1 Å². The van der Waals surface area contributed by atoms with Crippen LogP contribution in [0.3, 0.4) is 0 Å². The summed E-state index contributed by atoms with van der Waals surface area (Å²) in [5, 5.41) is 10.8. The molecule has 4 heterocycles. The number of anilines is 1. The van der Waals surface area contributed by atoms with Gasteiger partial charge in [0.15, 0.2) is 0 Å². The van der Waals surface area contributed by atoms with Gasteiger partial charge >= 0.3 is 0 Å². The number of aryl methyl sites for hydroxylation is 1. The zero-order chi connectivity index (χ0) is 19.0. The maximum Gasteiger partial charge on any atom is 0.228 e. The standard InChI is InChI=1S/C19H21N7O/c1-12-23-15-10-22-17-14(5-7-21-17)16(15)18(24-12)26-8-3-4-13(11-26)19(27)25(2)9-6-20/h5,7,10,13H,3-4,8-9,11H2,1-2H3,(H,21,22). The van der Waals surface area contributed by atoms with Crippen molar-refractivity contribution in [1.29, 1.82) is 5.26 Å². The first-order chi connectivity index (χ1) is 13.1. The molecule has 0 bridgehead atoms. The van der Waals surface area contributed by atoms with E-state index in [2.05, 4.69) is 19.9 Å². The van der Waals surface area contributed by atoms with Gasteiger partial charge in [-0.1, -0.05) is 0 Å². The number of piperidine rings is 1. The van der Waals surface area contributed by atoms with Crippen molar-refractivity contribution in [2.24, 2.45) is 5.92 Å². The number of aromatic nitrogens is 4. The molecular weight excluding hydrogens is 342 g/mol. The molecule has 1 atom stereocenters. The summed E-state index contributed by atoms with van der Waals surface area (Å²) in [7, 11) is 1.68. The number of aromatic amines is 1. The molecule has 3 aromatic heterocycles. The number of carbonyl (C=O) groups excluding carboxylic acids is 1. The monoisotopic (exact) mass is 363 g/mol. The van der Waals surface area contributed by atoms with Crippen molar-refractivity contribution in [2.75, 3.05) is 31.6 Å². The molecule has 0 spiro atoms. The highest BCUT2D eigenvalue weighted by Gasteiger charge is 2.30. The number of pyridine rings is 1. The SMILES string of the molecule is Cc1nc(N2CCCC(C(=O)N(C)CC#N)C2)c2c(cnc3[nH]ccc32)n1. The number of hydrogen-bond acceptors (Lipinski definition) is 6. The van der Waals surface area contributed by atoms with Crippen molar-refractivity contribution in [3.05, 3.63) is 24.3 Å². The Bertz CT molecular complexity index is 1050. The fraction of sp³-hybridized carbons (Fsp3) is 0.421. The van der Waals surface area contributed by atoms with E-state index < -0.39 is 0 Å². The van der Waals surface area contributed by atoms with Gasteiger partial charge in [-0.25, -0.2) is 15.0 Å². The predicted molar refractivity (Wildman–Crippen MR) is 102 cm³/mol. The third-order valence-corrected chi connectivity index (χ3v) is 5.09. The van der Waals surface area contributed by atoms with Gasteiger partial charge < -0.3 is 14.8 Å². The van der Waals surface area contributed by atoms with Crippen LogP contribution in [0.1, 0.15) is 18.7 Å². The number of nitrogens with one attached hydrogen (secondary N) is 1. The van der Waals surface area contributed by atoms with Crippen LogP contribution < -0.4 is 4.90 Å². The van der Waals surface area contributed by atoms with Gasteiger partial charge in [0.25, 0.3) is 0 Å². The number of nitrogens with zero attached hydrogens (tertiary/aromatic N) is 6. The third kappa shape index (κ3) is 3.05. The smallest absolute Gasteiger partial charge is 0.228 e. The summed E-state index contributed by atoms with van der Waals surface area (Å²) in [6.07, 6.45) is 5.36. The number of carbonyl (C=O) groups is 1. The predicted octanol–water partition coefficient (Wildman–Crippen LogP) is 2.01. The van der Waals surface area contributed by atoms with Crippen molar-refractivity contribution in [2.45, 2.75) is 19.8 Å². The van der Waals surface area contributed by atoms with Gasteiger partial charge in [0.05, 0.1) is 29.1 Å². The zero-order valence-corrected chi connectivity index (χ0v) is 15.4. The van der Waals surface area contributed by atoms with Gasteiger partial charge in [0.2, 0.25) is 5.91 Å². The van der Waals surface area contributed by atoms with Crippen molar-refractivity contribution >= 4 is 33.7 Å². The first kappa shape index (κ1) is 17.2. The minimum absolute atomic E-state index is 0.0183. The van der Waals surface area contributed by atoms with Crippen LogP contribution in [0.2, 0.25) is 0 Å². The molecule has 8 nitrogen and oxygen atoms in total. The van der Waals surface area contributed by atoms with Gasteiger partial charge in [0, 0.05) is 31.7 Å². The molecule has 0 aromatic carbocycles. The van der Waals surface area contributed by atoms with Crippen molar-refractivity contribution < 1.29 is 4.79 Å². The first-order valence-electron chi connectivity index (χ1n) is 9.06. The van der Waals surface area contributed by atoms with Gasteiger partial charge in [0.1, 0.15) is 23.8 Å². The number of H-pyrrole nitrogens is 1. The van der Waals surface area contributed by atoms with E-state index in [-0.39, 0.29) is 18.4 Å². The van der Waals surface area contributed by atoms with E-state index >= 15 is 0 Å². The molecule has 1 aliphatic heterocycles. The van der Waals surface area contributed by atoms with Crippen LogP contribution in [-0.4, -0.2) is 57.4 Å².